The number of carbonyl (C=O) groups is 2. The van der Waals surface area contributed by atoms with E-state index in [2.05, 4.69) is 15.2 Å². The van der Waals surface area contributed by atoms with Crippen molar-refractivity contribution in [1.29, 1.82) is 0 Å². The molecule has 6 nitrogen and oxygen atoms in total. The van der Waals surface area contributed by atoms with Gasteiger partial charge in [0.05, 0.1) is 16.8 Å². The molecule has 3 aromatic rings. The summed E-state index contributed by atoms with van der Waals surface area (Å²) in [6.07, 6.45) is 1.74. The van der Waals surface area contributed by atoms with Crippen LogP contribution in [0.5, 0.6) is 0 Å². The van der Waals surface area contributed by atoms with Crippen LogP contribution in [-0.4, -0.2) is 59.8 Å². The van der Waals surface area contributed by atoms with E-state index in [-0.39, 0.29) is 17.6 Å². The van der Waals surface area contributed by atoms with E-state index < -0.39 is 0 Å². The lowest BCUT2D eigenvalue weighted by atomic mass is 9.94. The van der Waals surface area contributed by atoms with E-state index >= 15 is 0 Å². The molecule has 5 rings (SSSR count). The maximum Gasteiger partial charge on any atom is 0.256 e. The highest BCUT2D eigenvalue weighted by Crippen LogP contribution is 2.40. The lowest BCUT2D eigenvalue weighted by Gasteiger charge is -2.32. The molecule has 0 atom stereocenters. The average molecular weight is 445 g/mol. The summed E-state index contributed by atoms with van der Waals surface area (Å²) in [6, 6.07) is 13.7. The summed E-state index contributed by atoms with van der Waals surface area (Å²) in [4.78, 5) is 33.5. The van der Waals surface area contributed by atoms with Gasteiger partial charge in [-0.3, -0.25) is 9.59 Å². The lowest BCUT2D eigenvalue weighted by molar-refractivity contribution is -0.110. The van der Waals surface area contributed by atoms with Crippen molar-refractivity contribution >= 4 is 29.2 Å². The van der Waals surface area contributed by atoms with Gasteiger partial charge in [0.2, 0.25) is 0 Å². The Morgan fingerprint density at radius 1 is 1.06 bits per heavy atom. The van der Waals surface area contributed by atoms with E-state index in [1.807, 2.05) is 49.2 Å². The molecular weight excluding hydrogens is 419 g/mol. The quantitative estimate of drug-likeness (QED) is 0.600. The minimum Gasteiger partial charge on any atom is -0.358 e. The molecule has 168 valence electrons. The van der Waals surface area contributed by atoms with Crippen molar-refractivity contribution < 1.29 is 14.0 Å². The van der Waals surface area contributed by atoms with Gasteiger partial charge in [-0.2, -0.15) is 0 Å². The van der Waals surface area contributed by atoms with Crippen molar-refractivity contribution in [2.75, 3.05) is 38.5 Å². The molecule has 2 aromatic carbocycles. The van der Waals surface area contributed by atoms with Crippen LogP contribution in [0, 0.1) is 12.7 Å². The van der Waals surface area contributed by atoms with Crippen LogP contribution in [-0.2, 0) is 4.79 Å². The second kappa shape index (κ2) is 8.33. The normalized spacial score (nSPS) is 17.4. The van der Waals surface area contributed by atoms with Crippen molar-refractivity contribution in [2.24, 2.45) is 0 Å². The maximum absolute atomic E-state index is 13.9. The second-order valence-electron chi connectivity index (χ2n) is 8.63. The number of likely N-dealkylation sites (N-methyl/N-ethyl adjacent to an activating group) is 1. The molecule has 0 saturated carbocycles. The highest BCUT2D eigenvalue weighted by Gasteiger charge is 2.29. The Hall–Kier alpha value is -3.71. The first-order chi connectivity index (χ1) is 15.9. The van der Waals surface area contributed by atoms with Crippen molar-refractivity contribution in [1.82, 2.24) is 14.8 Å². The van der Waals surface area contributed by atoms with Crippen molar-refractivity contribution in [3.05, 3.63) is 76.9 Å². The highest BCUT2D eigenvalue weighted by molar-refractivity contribution is 6.36. The van der Waals surface area contributed by atoms with E-state index in [0.29, 0.717) is 46.7 Å². The first kappa shape index (κ1) is 21.2. The predicted molar refractivity (Wildman–Crippen MR) is 127 cm³/mol. The number of carbonyl (C=O) groups excluding carboxylic acids is 2. The maximum atomic E-state index is 13.9. The number of H-pyrrole nitrogens is 1. The lowest BCUT2D eigenvalue weighted by Crippen LogP contribution is -2.47. The number of aryl methyl sites for hydroxylation is 1. The molecule has 3 heterocycles. The van der Waals surface area contributed by atoms with Gasteiger partial charge in [-0.05, 0) is 55.4 Å². The van der Waals surface area contributed by atoms with Gasteiger partial charge in [-0.1, -0.05) is 24.3 Å². The molecule has 33 heavy (non-hydrogen) atoms. The molecule has 2 aliphatic rings. The Labute approximate surface area is 191 Å². The number of piperazine rings is 1. The number of benzene rings is 2. The molecule has 2 N–H and O–H groups in total. The van der Waals surface area contributed by atoms with Gasteiger partial charge in [0.15, 0.2) is 0 Å². The largest absolute Gasteiger partial charge is 0.358 e. The zero-order valence-electron chi connectivity index (χ0n) is 18.6. The number of aromatic nitrogens is 1. The van der Waals surface area contributed by atoms with Crippen LogP contribution in [0.4, 0.5) is 10.1 Å². The number of nitrogens with zero attached hydrogens (tertiary/aromatic N) is 2. The van der Waals surface area contributed by atoms with Crippen LogP contribution >= 0.6 is 0 Å². The molecule has 0 spiro atoms. The summed E-state index contributed by atoms with van der Waals surface area (Å²) in [5.74, 6) is -0.636. The van der Waals surface area contributed by atoms with Gasteiger partial charge in [0, 0.05) is 43.1 Å². The van der Waals surface area contributed by atoms with Gasteiger partial charge >= 0.3 is 0 Å². The van der Waals surface area contributed by atoms with Crippen molar-refractivity contribution in [3.8, 4) is 11.1 Å². The summed E-state index contributed by atoms with van der Waals surface area (Å²) >= 11 is 0. The molecular formula is C26H25FN4O2. The third kappa shape index (κ3) is 3.96. The number of fused-ring (bicyclic) bond motifs is 1. The van der Waals surface area contributed by atoms with Crippen LogP contribution in [0.15, 0.2) is 48.5 Å². The van der Waals surface area contributed by atoms with Crippen LogP contribution in [0.3, 0.4) is 0 Å². The number of amides is 2. The van der Waals surface area contributed by atoms with Gasteiger partial charge in [-0.15, -0.1) is 0 Å². The first-order valence-corrected chi connectivity index (χ1v) is 11.0. The number of aromatic amines is 1. The minimum absolute atomic E-state index is 0.0451. The standard InChI is InChI=1S/C26H25FN4O2/c1-16-13-20(26(33)31-11-9-30(2)10-12-31)23(28-16)15-21-24-19(17-5-3-6-18(27)14-17)7-4-8-22(24)29-25(21)32/h3-8,13-15,28H,9-12H2,1-2H3,(H,29,32)/b21-15-. The van der Waals surface area contributed by atoms with Crippen molar-refractivity contribution in [3.63, 3.8) is 0 Å². The third-order valence-corrected chi connectivity index (χ3v) is 6.25. The number of hydrogen-bond donors (Lipinski definition) is 2. The van der Waals surface area contributed by atoms with Crippen LogP contribution in [0.2, 0.25) is 0 Å². The fourth-order valence-corrected chi connectivity index (χ4v) is 4.51. The topological polar surface area (TPSA) is 68.4 Å². The average Bonchev–Trinajstić information content (AvgIpc) is 3.33. The fraction of sp³-hybridized carbons (Fsp3) is 0.231. The van der Waals surface area contributed by atoms with Gasteiger partial charge in [0.1, 0.15) is 5.82 Å². The van der Waals surface area contributed by atoms with Gasteiger partial charge in [0.25, 0.3) is 11.8 Å². The molecule has 0 bridgehead atoms. The second-order valence-corrected chi connectivity index (χ2v) is 8.63. The Kier molecular flexibility index (Phi) is 5.34. The number of rotatable bonds is 3. The van der Waals surface area contributed by atoms with E-state index in [9.17, 15) is 14.0 Å². The molecule has 2 amide bonds. The van der Waals surface area contributed by atoms with E-state index in [0.717, 1.165) is 24.3 Å². The Morgan fingerprint density at radius 2 is 1.82 bits per heavy atom. The predicted octanol–water partition coefficient (Wildman–Crippen LogP) is 4.01. The SMILES string of the molecule is Cc1cc(C(=O)N2CCN(C)CC2)c(/C=C2\C(=O)Nc3cccc(-c4cccc(F)c4)c32)[nH]1. The Balaban J connectivity index is 1.58. The molecule has 0 aliphatic carbocycles. The van der Waals surface area contributed by atoms with E-state index in [1.54, 1.807) is 12.1 Å². The summed E-state index contributed by atoms with van der Waals surface area (Å²) in [5, 5.41) is 2.90. The number of nitrogens with one attached hydrogen (secondary N) is 2. The number of halogens is 1. The van der Waals surface area contributed by atoms with Crippen LogP contribution in [0.25, 0.3) is 22.8 Å². The summed E-state index contributed by atoms with van der Waals surface area (Å²) in [6.45, 7) is 4.89. The first-order valence-electron chi connectivity index (χ1n) is 11.0. The monoisotopic (exact) mass is 444 g/mol. The van der Waals surface area contributed by atoms with Crippen LogP contribution in [0.1, 0.15) is 27.3 Å². The molecule has 2 aliphatic heterocycles. The van der Waals surface area contributed by atoms with E-state index in [1.165, 1.54) is 12.1 Å². The van der Waals surface area contributed by atoms with Gasteiger partial charge < -0.3 is 20.1 Å². The van der Waals surface area contributed by atoms with Gasteiger partial charge in [-0.25, -0.2) is 4.39 Å². The van der Waals surface area contributed by atoms with Crippen LogP contribution < -0.4 is 5.32 Å². The highest BCUT2D eigenvalue weighted by atomic mass is 19.1. The Morgan fingerprint density at radius 3 is 2.58 bits per heavy atom. The van der Waals surface area contributed by atoms with E-state index in [4.69, 9.17) is 0 Å². The molecule has 1 saturated heterocycles. The fourth-order valence-electron chi connectivity index (χ4n) is 4.51. The number of hydrogen-bond acceptors (Lipinski definition) is 3. The summed E-state index contributed by atoms with van der Waals surface area (Å²) < 4.78 is 13.9. The molecule has 0 radical (unpaired) electrons. The van der Waals surface area contributed by atoms with Crippen molar-refractivity contribution in [2.45, 2.75) is 6.92 Å². The number of anilines is 1. The molecule has 1 aromatic heterocycles. The smallest absolute Gasteiger partial charge is 0.256 e. The zero-order chi connectivity index (χ0) is 23.1. The molecule has 1 fully saturated rings. The summed E-state index contributed by atoms with van der Waals surface area (Å²) in [5.41, 5.74) is 5.26. The minimum atomic E-state index is -0.340. The molecule has 7 heteroatoms. The Bertz CT molecular complexity index is 1290. The third-order valence-electron chi connectivity index (χ3n) is 6.25. The summed E-state index contributed by atoms with van der Waals surface area (Å²) in [7, 11) is 2.05. The zero-order valence-corrected chi connectivity index (χ0v) is 18.6. The molecule has 0 unspecified atom stereocenters.